The van der Waals surface area contributed by atoms with Gasteiger partial charge >= 0.3 is 0 Å². The van der Waals surface area contributed by atoms with Gasteiger partial charge in [0.15, 0.2) is 11.6 Å². The molecular formula is C17H20N6O3. The third kappa shape index (κ3) is 3.25. The van der Waals surface area contributed by atoms with E-state index in [1.165, 1.54) is 0 Å². The lowest BCUT2D eigenvalue weighted by atomic mass is 10.1. The van der Waals surface area contributed by atoms with Crippen LogP contribution in [0.4, 0.5) is 11.6 Å². The fourth-order valence-electron chi connectivity index (χ4n) is 2.90. The Morgan fingerprint density at radius 3 is 2.46 bits per heavy atom. The minimum Gasteiger partial charge on any atom is -0.497 e. The van der Waals surface area contributed by atoms with Gasteiger partial charge in [-0.25, -0.2) is 14.6 Å². The third-order valence-corrected chi connectivity index (χ3v) is 4.38. The minimum atomic E-state index is 0.0207. The maximum atomic E-state index is 5.44. The number of anilines is 2. The number of aromatic nitrogens is 4. The summed E-state index contributed by atoms with van der Waals surface area (Å²) in [7, 11) is 1.65. The molecule has 0 unspecified atom stereocenters. The molecule has 0 amide bonds. The zero-order valence-corrected chi connectivity index (χ0v) is 14.7. The Kier molecular flexibility index (Phi) is 4.53. The highest BCUT2D eigenvalue weighted by Crippen LogP contribution is 2.28. The standard InChI is InChI=1S/C17H20N6O3/c1-11(12-3-5-13(24-2)6-4-12)18-16-17(23-7-9-25-10-8-23)20-15-14(19-16)21-26-22-15/h3-6,11H,7-10H2,1-2H3,(H,18,19,21)/t11-/m1/s1. The van der Waals surface area contributed by atoms with Crippen LogP contribution < -0.4 is 15.0 Å². The van der Waals surface area contributed by atoms with E-state index in [1.54, 1.807) is 7.11 Å². The summed E-state index contributed by atoms with van der Waals surface area (Å²) >= 11 is 0. The fourth-order valence-corrected chi connectivity index (χ4v) is 2.90. The molecule has 1 aromatic carbocycles. The summed E-state index contributed by atoms with van der Waals surface area (Å²) in [5.41, 5.74) is 1.89. The summed E-state index contributed by atoms with van der Waals surface area (Å²) in [6.45, 7) is 4.88. The van der Waals surface area contributed by atoms with E-state index in [0.717, 1.165) is 30.2 Å². The van der Waals surface area contributed by atoms with Crippen LogP contribution in [0.25, 0.3) is 11.3 Å². The molecule has 1 saturated heterocycles. The molecule has 0 aliphatic carbocycles. The maximum Gasteiger partial charge on any atom is 0.245 e. The lowest BCUT2D eigenvalue weighted by Crippen LogP contribution is -2.37. The SMILES string of the molecule is COc1ccc([C@@H](C)Nc2nc3nonc3nc2N2CCOCC2)cc1. The van der Waals surface area contributed by atoms with Gasteiger partial charge in [0.1, 0.15) is 5.75 Å². The van der Waals surface area contributed by atoms with Crippen molar-refractivity contribution in [1.82, 2.24) is 20.3 Å². The molecule has 3 heterocycles. The number of methoxy groups -OCH3 is 1. The Morgan fingerprint density at radius 1 is 1.08 bits per heavy atom. The lowest BCUT2D eigenvalue weighted by Gasteiger charge is -2.29. The van der Waals surface area contributed by atoms with Crippen molar-refractivity contribution in [2.24, 2.45) is 0 Å². The predicted molar refractivity (Wildman–Crippen MR) is 95.5 cm³/mol. The molecule has 0 saturated carbocycles. The van der Waals surface area contributed by atoms with Gasteiger partial charge in [-0.1, -0.05) is 12.1 Å². The molecular weight excluding hydrogens is 336 g/mol. The number of hydrogen-bond acceptors (Lipinski definition) is 9. The molecule has 26 heavy (non-hydrogen) atoms. The Balaban J connectivity index is 1.64. The number of morpholine rings is 1. The number of rotatable bonds is 5. The molecule has 1 fully saturated rings. The van der Waals surface area contributed by atoms with Gasteiger partial charge in [0.05, 0.1) is 26.4 Å². The first-order valence-electron chi connectivity index (χ1n) is 8.48. The van der Waals surface area contributed by atoms with Crippen molar-refractivity contribution in [3.63, 3.8) is 0 Å². The summed E-state index contributed by atoms with van der Waals surface area (Å²) in [6, 6.07) is 7.94. The Labute approximate surface area is 150 Å². The normalized spacial score (nSPS) is 15.8. The van der Waals surface area contributed by atoms with Crippen LogP contribution in [-0.2, 0) is 4.74 Å². The van der Waals surface area contributed by atoms with Gasteiger partial charge in [-0.2, -0.15) is 0 Å². The molecule has 0 bridgehead atoms. The first kappa shape index (κ1) is 16.5. The first-order chi connectivity index (χ1) is 12.7. The quantitative estimate of drug-likeness (QED) is 0.736. The predicted octanol–water partition coefficient (Wildman–Crippen LogP) is 2.03. The van der Waals surface area contributed by atoms with Gasteiger partial charge in [0, 0.05) is 13.1 Å². The number of benzene rings is 1. The van der Waals surface area contributed by atoms with Crippen LogP contribution in [0.5, 0.6) is 5.75 Å². The molecule has 9 nitrogen and oxygen atoms in total. The number of ether oxygens (including phenoxy) is 2. The Hall–Kier alpha value is -2.94. The van der Waals surface area contributed by atoms with Crippen LogP contribution in [0.3, 0.4) is 0 Å². The molecule has 3 aromatic rings. The smallest absolute Gasteiger partial charge is 0.245 e. The van der Waals surface area contributed by atoms with Crippen LogP contribution in [0, 0.1) is 0 Å². The summed E-state index contributed by atoms with van der Waals surface area (Å²) < 4.78 is 15.4. The second kappa shape index (κ2) is 7.12. The van der Waals surface area contributed by atoms with Crippen molar-refractivity contribution >= 4 is 22.9 Å². The number of nitrogens with one attached hydrogen (secondary N) is 1. The van der Waals surface area contributed by atoms with Crippen molar-refractivity contribution in [2.45, 2.75) is 13.0 Å². The van der Waals surface area contributed by atoms with E-state index in [4.69, 9.17) is 14.1 Å². The van der Waals surface area contributed by atoms with Gasteiger partial charge in [0.25, 0.3) is 0 Å². The van der Waals surface area contributed by atoms with Crippen molar-refractivity contribution in [3.8, 4) is 5.75 Å². The molecule has 4 rings (SSSR count). The van der Waals surface area contributed by atoms with Crippen molar-refractivity contribution in [1.29, 1.82) is 0 Å². The van der Waals surface area contributed by atoms with Crippen LogP contribution in [-0.4, -0.2) is 53.7 Å². The summed E-state index contributed by atoms with van der Waals surface area (Å²) in [5.74, 6) is 2.21. The largest absolute Gasteiger partial charge is 0.497 e. The van der Waals surface area contributed by atoms with Crippen LogP contribution in [0.2, 0.25) is 0 Å². The first-order valence-corrected chi connectivity index (χ1v) is 8.48. The van der Waals surface area contributed by atoms with Crippen LogP contribution >= 0.6 is 0 Å². The molecule has 2 aromatic heterocycles. The van der Waals surface area contributed by atoms with Crippen molar-refractivity contribution in [2.75, 3.05) is 43.6 Å². The van der Waals surface area contributed by atoms with E-state index >= 15 is 0 Å². The molecule has 0 spiro atoms. The van der Waals surface area contributed by atoms with Gasteiger partial charge in [-0.3, -0.25) is 0 Å². The molecule has 1 aliphatic heterocycles. The highest BCUT2D eigenvalue weighted by atomic mass is 16.6. The molecule has 136 valence electrons. The van der Waals surface area contributed by atoms with E-state index in [9.17, 15) is 0 Å². The van der Waals surface area contributed by atoms with Crippen LogP contribution in [0.1, 0.15) is 18.5 Å². The zero-order valence-electron chi connectivity index (χ0n) is 14.7. The number of fused-ring (bicyclic) bond motifs is 1. The van der Waals surface area contributed by atoms with Gasteiger partial charge in [-0.15, -0.1) is 0 Å². The molecule has 9 heteroatoms. The minimum absolute atomic E-state index is 0.0207. The number of nitrogens with zero attached hydrogens (tertiary/aromatic N) is 5. The summed E-state index contributed by atoms with van der Waals surface area (Å²) in [4.78, 5) is 11.3. The zero-order chi connectivity index (χ0) is 17.9. The van der Waals surface area contributed by atoms with E-state index in [2.05, 4.69) is 37.4 Å². The fraction of sp³-hybridized carbons (Fsp3) is 0.412. The lowest BCUT2D eigenvalue weighted by molar-refractivity contribution is 0.122. The van der Waals surface area contributed by atoms with Crippen molar-refractivity contribution < 1.29 is 14.1 Å². The van der Waals surface area contributed by atoms with Gasteiger partial charge in [0.2, 0.25) is 11.3 Å². The Bertz CT molecular complexity index is 876. The number of hydrogen-bond donors (Lipinski definition) is 1. The Morgan fingerprint density at radius 2 is 1.77 bits per heavy atom. The summed E-state index contributed by atoms with van der Waals surface area (Å²) in [6.07, 6.45) is 0. The van der Waals surface area contributed by atoms with Crippen molar-refractivity contribution in [3.05, 3.63) is 29.8 Å². The van der Waals surface area contributed by atoms with Gasteiger partial charge < -0.3 is 19.7 Å². The molecule has 1 N–H and O–H groups in total. The second-order valence-corrected chi connectivity index (χ2v) is 6.05. The highest BCUT2D eigenvalue weighted by molar-refractivity contribution is 5.74. The van der Waals surface area contributed by atoms with Crippen LogP contribution in [0.15, 0.2) is 28.9 Å². The van der Waals surface area contributed by atoms with E-state index in [1.807, 2.05) is 24.3 Å². The average Bonchev–Trinajstić information content (AvgIpc) is 3.15. The molecule has 1 aliphatic rings. The maximum absolute atomic E-state index is 5.44. The monoisotopic (exact) mass is 356 g/mol. The third-order valence-electron chi connectivity index (χ3n) is 4.38. The molecule has 0 radical (unpaired) electrons. The average molecular weight is 356 g/mol. The van der Waals surface area contributed by atoms with E-state index in [0.29, 0.717) is 30.3 Å². The summed E-state index contributed by atoms with van der Waals surface area (Å²) in [5, 5.41) is 11.1. The van der Waals surface area contributed by atoms with E-state index in [-0.39, 0.29) is 6.04 Å². The molecule has 1 atom stereocenters. The second-order valence-electron chi connectivity index (χ2n) is 6.05. The van der Waals surface area contributed by atoms with Gasteiger partial charge in [-0.05, 0) is 34.9 Å². The van der Waals surface area contributed by atoms with E-state index < -0.39 is 0 Å². The highest BCUT2D eigenvalue weighted by Gasteiger charge is 2.21. The topological polar surface area (TPSA) is 98.4 Å².